The second-order valence-corrected chi connectivity index (χ2v) is 4.97. The Bertz CT molecular complexity index is 535. The van der Waals surface area contributed by atoms with Crippen LogP contribution in [0.2, 0.25) is 5.02 Å². The third-order valence-corrected chi connectivity index (χ3v) is 3.65. The standard InChI is InChI=1S/C13H15ClN2O4/c1-2-10-8-20-6-5-15(10)13(17)9-3-4-12(16(18)19)11(14)7-9/h3-4,7,10H,2,5-6,8H2,1H3. The largest absolute Gasteiger partial charge is 0.377 e. The van der Waals surface area contributed by atoms with E-state index in [0.29, 0.717) is 25.3 Å². The van der Waals surface area contributed by atoms with Gasteiger partial charge in [0, 0.05) is 18.2 Å². The van der Waals surface area contributed by atoms with Gasteiger partial charge in [0.15, 0.2) is 0 Å². The topological polar surface area (TPSA) is 72.7 Å². The van der Waals surface area contributed by atoms with Crippen molar-refractivity contribution in [2.24, 2.45) is 0 Å². The number of hydrogen-bond donors (Lipinski definition) is 0. The third kappa shape index (κ3) is 2.91. The number of benzene rings is 1. The molecule has 0 aliphatic carbocycles. The molecule has 0 aromatic heterocycles. The van der Waals surface area contributed by atoms with Gasteiger partial charge in [-0.05, 0) is 18.6 Å². The SMILES string of the molecule is CCC1COCCN1C(=O)c1ccc([N+](=O)[O-])c(Cl)c1. The maximum Gasteiger partial charge on any atom is 0.287 e. The molecule has 0 bridgehead atoms. The Morgan fingerprint density at radius 3 is 2.95 bits per heavy atom. The lowest BCUT2D eigenvalue weighted by molar-refractivity contribution is -0.384. The van der Waals surface area contributed by atoms with Gasteiger partial charge in [-0.15, -0.1) is 0 Å². The van der Waals surface area contributed by atoms with Gasteiger partial charge in [-0.3, -0.25) is 14.9 Å². The Labute approximate surface area is 121 Å². The van der Waals surface area contributed by atoms with E-state index < -0.39 is 4.92 Å². The summed E-state index contributed by atoms with van der Waals surface area (Å²) in [6, 6.07) is 4.08. The Morgan fingerprint density at radius 2 is 2.35 bits per heavy atom. The normalized spacial score (nSPS) is 18.9. The number of halogens is 1. The van der Waals surface area contributed by atoms with Crippen LogP contribution in [0, 0.1) is 10.1 Å². The number of carbonyl (C=O) groups excluding carboxylic acids is 1. The van der Waals surface area contributed by atoms with Gasteiger partial charge in [-0.1, -0.05) is 18.5 Å². The minimum Gasteiger partial charge on any atom is -0.377 e. The second-order valence-electron chi connectivity index (χ2n) is 4.56. The van der Waals surface area contributed by atoms with Gasteiger partial charge in [0.25, 0.3) is 11.6 Å². The number of nitrogens with zero attached hydrogens (tertiary/aromatic N) is 2. The number of carbonyl (C=O) groups is 1. The lowest BCUT2D eigenvalue weighted by Gasteiger charge is -2.35. The first kappa shape index (κ1) is 14.7. The van der Waals surface area contributed by atoms with Crippen LogP contribution in [0.25, 0.3) is 0 Å². The summed E-state index contributed by atoms with van der Waals surface area (Å²) in [5.41, 5.74) is 0.165. The van der Waals surface area contributed by atoms with Crippen molar-refractivity contribution in [1.82, 2.24) is 4.90 Å². The quantitative estimate of drug-likeness (QED) is 0.635. The predicted molar refractivity (Wildman–Crippen MR) is 74.0 cm³/mol. The predicted octanol–water partition coefficient (Wildman–Crippen LogP) is 2.50. The molecule has 1 amide bonds. The van der Waals surface area contributed by atoms with Crippen LogP contribution in [-0.4, -0.2) is 41.5 Å². The van der Waals surface area contributed by atoms with E-state index in [1.54, 1.807) is 4.90 Å². The van der Waals surface area contributed by atoms with E-state index in [0.717, 1.165) is 6.42 Å². The van der Waals surface area contributed by atoms with Gasteiger partial charge in [0.05, 0.1) is 24.2 Å². The molecule has 1 atom stereocenters. The van der Waals surface area contributed by atoms with Crippen molar-refractivity contribution < 1.29 is 14.5 Å². The first-order valence-corrected chi connectivity index (χ1v) is 6.75. The number of nitro groups is 1. The first-order valence-electron chi connectivity index (χ1n) is 6.37. The summed E-state index contributed by atoms with van der Waals surface area (Å²) in [4.78, 5) is 24.3. The minimum absolute atomic E-state index is 0.0258. The molecule has 7 heteroatoms. The maximum atomic E-state index is 12.4. The molecular weight excluding hydrogens is 284 g/mol. The molecule has 1 aromatic carbocycles. The van der Waals surface area contributed by atoms with Crippen LogP contribution in [-0.2, 0) is 4.74 Å². The number of amides is 1. The Kier molecular flexibility index (Phi) is 4.57. The third-order valence-electron chi connectivity index (χ3n) is 3.35. The number of rotatable bonds is 3. The van der Waals surface area contributed by atoms with Crippen molar-refractivity contribution >= 4 is 23.2 Å². The molecule has 1 aliphatic rings. The highest BCUT2D eigenvalue weighted by atomic mass is 35.5. The number of morpholine rings is 1. The molecule has 108 valence electrons. The van der Waals surface area contributed by atoms with Crippen molar-refractivity contribution in [2.45, 2.75) is 19.4 Å². The average molecular weight is 299 g/mol. The fourth-order valence-electron chi connectivity index (χ4n) is 2.21. The van der Waals surface area contributed by atoms with E-state index in [4.69, 9.17) is 16.3 Å². The summed E-state index contributed by atoms with van der Waals surface area (Å²) in [6.07, 6.45) is 0.798. The molecule has 0 saturated carbocycles. The molecule has 0 radical (unpaired) electrons. The number of nitro benzene ring substituents is 1. The van der Waals surface area contributed by atoms with Gasteiger partial charge in [-0.2, -0.15) is 0 Å². The summed E-state index contributed by atoms with van der Waals surface area (Å²) < 4.78 is 5.35. The summed E-state index contributed by atoms with van der Waals surface area (Å²) in [6.45, 7) is 3.53. The van der Waals surface area contributed by atoms with E-state index in [1.807, 2.05) is 6.92 Å². The van der Waals surface area contributed by atoms with Crippen molar-refractivity contribution in [2.75, 3.05) is 19.8 Å². The molecule has 2 rings (SSSR count). The van der Waals surface area contributed by atoms with Crippen LogP contribution in [0.3, 0.4) is 0 Å². The summed E-state index contributed by atoms with van der Waals surface area (Å²) in [7, 11) is 0. The molecule has 20 heavy (non-hydrogen) atoms. The van der Waals surface area contributed by atoms with Crippen molar-refractivity contribution in [3.63, 3.8) is 0 Å². The molecule has 0 spiro atoms. The van der Waals surface area contributed by atoms with Gasteiger partial charge < -0.3 is 9.64 Å². The maximum absolute atomic E-state index is 12.4. The van der Waals surface area contributed by atoms with Crippen LogP contribution in [0.15, 0.2) is 18.2 Å². The van der Waals surface area contributed by atoms with Crippen molar-refractivity contribution in [3.05, 3.63) is 38.9 Å². The molecule has 0 N–H and O–H groups in total. The van der Waals surface area contributed by atoms with Crippen molar-refractivity contribution in [1.29, 1.82) is 0 Å². The van der Waals surface area contributed by atoms with Gasteiger partial charge in [0.2, 0.25) is 0 Å². The zero-order valence-electron chi connectivity index (χ0n) is 11.0. The number of ether oxygens (including phenoxy) is 1. The Hall–Kier alpha value is -1.66. The number of hydrogen-bond acceptors (Lipinski definition) is 4. The van der Waals surface area contributed by atoms with E-state index >= 15 is 0 Å². The molecule has 1 aromatic rings. The Balaban J connectivity index is 2.24. The van der Waals surface area contributed by atoms with E-state index in [-0.39, 0.29) is 22.7 Å². The van der Waals surface area contributed by atoms with Crippen LogP contribution in [0.5, 0.6) is 0 Å². The first-order chi connectivity index (χ1) is 9.54. The van der Waals surface area contributed by atoms with E-state index in [9.17, 15) is 14.9 Å². The van der Waals surface area contributed by atoms with Crippen LogP contribution in [0.1, 0.15) is 23.7 Å². The molecule has 1 aliphatic heterocycles. The lowest BCUT2D eigenvalue weighted by Crippen LogP contribution is -2.48. The molecule has 6 nitrogen and oxygen atoms in total. The van der Waals surface area contributed by atoms with Crippen LogP contribution >= 0.6 is 11.6 Å². The highest BCUT2D eigenvalue weighted by Gasteiger charge is 2.27. The highest BCUT2D eigenvalue weighted by molar-refractivity contribution is 6.33. The smallest absolute Gasteiger partial charge is 0.287 e. The van der Waals surface area contributed by atoms with Crippen LogP contribution in [0.4, 0.5) is 5.69 Å². The molecule has 1 fully saturated rings. The summed E-state index contributed by atoms with van der Waals surface area (Å²) in [5.74, 6) is -0.169. The van der Waals surface area contributed by atoms with Gasteiger partial charge in [0.1, 0.15) is 5.02 Å². The molecule has 1 unspecified atom stereocenters. The fraction of sp³-hybridized carbons (Fsp3) is 0.462. The van der Waals surface area contributed by atoms with Gasteiger partial charge >= 0.3 is 0 Å². The van der Waals surface area contributed by atoms with E-state index in [1.165, 1.54) is 18.2 Å². The summed E-state index contributed by atoms with van der Waals surface area (Å²) >= 11 is 5.84. The monoisotopic (exact) mass is 298 g/mol. The minimum atomic E-state index is -0.569. The van der Waals surface area contributed by atoms with Gasteiger partial charge in [-0.25, -0.2) is 0 Å². The average Bonchev–Trinajstić information content (AvgIpc) is 2.45. The molecular formula is C13H15ClN2O4. The zero-order chi connectivity index (χ0) is 14.7. The summed E-state index contributed by atoms with van der Waals surface area (Å²) in [5, 5.41) is 10.7. The van der Waals surface area contributed by atoms with E-state index in [2.05, 4.69) is 0 Å². The Morgan fingerprint density at radius 1 is 1.60 bits per heavy atom. The highest BCUT2D eigenvalue weighted by Crippen LogP contribution is 2.26. The zero-order valence-corrected chi connectivity index (χ0v) is 11.8. The van der Waals surface area contributed by atoms with Crippen molar-refractivity contribution in [3.8, 4) is 0 Å². The molecule has 1 saturated heterocycles. The molecule has 1 heterocycles. The fourth-order valence-corrected chi connectivity index (χ4v) is 2.46. The lowest BCUT2D eigenvalue weighted by atomic mass is 10.1. The van der Waals surface area contributed by atoms with Crippen LogP contribution < -0.4 is 0 Å². The second kappa shape index (κ2) is 6.19.